The second-order valence-corrected chi connectivity index (χ2v) is 8.09. The monoisotopic (exact) mass is 398 g/mol. The average Bonchev–Trinajstić information content (AvgIpc) is 3.06. The molecule has 0 aliphatic carbocycles. The number of amides is 2. The molecule has 30 heavy (non-hydrogen) atoms. The van der Waals surface area contributed by atoms with E-state index >= 15 is 0 Å². The summed E-state index contributed by atoms with van der Waals surface area (Å²) >= 11 is 0. The summed E-state index contributed by atoms with van der Waals surface area (Å²) in [6.07, 6.45) is 0.205. The second kappa shape index (κ2) is 8.15. The Hall–Kier alpha value is -3.40. The fourth-order valence-electron chi connectivity index (χ4n) is 3.97. The number of carbonyl (C=O) groups excluding carboxylic acids is 2. The first-order chi connectivity index (χ1) is 14.4. The van der Waals surface area contributed by atoms with Gasteiger partial charge in [-0.1, -0.05) is 60.2 Å². The molecule has 0 bridgehead atoms. The van der Waals surface area contributed by atoms with Gasteiger partial charge >= 0.3 is 0 Å². The Labute approximate surface area is 177 Å². The molecule has 0 saturated carbocycles. The minimum absolute atomic E-state index is 0.0179. The Morgan fingerprint density at radius 3 is 2.40 bits per heavy atom. The Morgan fingerprint density at radius 1 is 0.967 bits per heavy atom. The third-order valence-corrected chi connectivity index (χ3v) is 5.73. The maximum atomic E-state index is 13.1. The van der Waals surface area contributed by atoms with Crippen molar-refractivity contribution in [1.82, 2.24) is 4.90 Å². The van der Waals surface area contributed by atoms with Crippen LogP contribution in [0.3, 0.4) is 0 Å². The standard InChI is InChI=1S/C26H26N2O2/c1-17-9-12-20(13-10-17)24(28-16-21-6-4-5-7-22(21)26(28)30)15-25(29)27-23-14-18(2)8-11-19(23)3/h4-14,24H,15-16H2,1-3H3,(H,27,29). The number of aryl methyl sites for hydroxylation is 3. The maximum Gasteiger partial charge on any atom is 0.255 e. The molecular formula is C26H26N2O2. The van der Waals surface area contributed by atoms with Gasteiger partial charge in [-0.25, -0.2) is 0 Å². The molecule has 4 heteroatoms. The normalized spacial score (nSPS) is 13.8. The van der Waals surface area contributed by atoms with Gasteiger partial charge < -0.3 is 10.2 Å². The zero-order valence-electron chi connectivity index (χ0n) is 17.6. The van der Waals surface area contributed by atoms with Crippen LogP contribution in [-0.4, -0.2) is 16.7 Å². The minimum Gasteiger partial charge on any atom is -0.327 e. The summed E-state index contributed by atoms with van der Waals surface area (Å²) in [5, 5.41) is 3.05. The van der Waals surface area contributed by atoms with Crippen LogP contribution in [0.25, 0.3) is 0 Å². The van der Waals surface area contributed by atoms with E-state index in [0.29, 0.717) is 6.54 Å². The number of rotatable bonds is 5. The third kappa shape index (κ3) is 3.99. The van der Waals surface area contributed by atoms with Gasteiger partial charge in [-0.15, -0.1) is 0 Å². The molecular weight excluding hydrogens is 372 g/mol. The van der Waals surface area contributed by atoms with Crippen LogP contribution in [-0.2, 0) is 11.3 Å². The van der Waals surface area contributed by atoms with Crippen molar-refractivity contribution in [2.24, 2.45) is 0 Å². The smallest absolute Gasteiger partial charge is 0.255 e. The fraction of sp³-hybridized carbons (Fsp3) is 0.231. The van der Waals surface area contributed by atoms with Gasteiger partial charge in [-0.2, -0.15) is 0 Å². The highest BCUT2D eigenvalue weighted by Crippen LogP contribution is 2.34. The summed E-state index contributed by atoms with van der Waals surface area (Å²) in [6, 6.07) is 21.4. The van der Waals surface area contributed by atoms with Gasteiger partial charge in [0.05, 0.1) is 12.5 Å². The largest absolute Gasteiger partial charge is 0.327 e. The minimum atomic E-state index is -0.324. The van der Waals surface area contributed by atoms with E-state index in [1.165, 1.54) is 0 Å². The van der Waals surface area contributed by atoms with E-state index in [9.17, 15) is 9.59 Å². The van der Waals surface area contributed by atoms with E-state index in [0.717, 1.165) is 39.1 Å². The van der Waals surface area contributed by atoms with Gasteiger partial charge in [0.15, 0.2) is 0 Å². The quantitative estimate of drug-likeness (QED) is 0.631. The molecule has 4 nitrogen and oxygen atoms in total. The van der Waals surface area contributed by atoms with Crippen LogP contribution in [0, 0.1) is 20.8 Å². The highest BCUT2D eigenvalue weighted by atomic mass is 16.2. The number of hydrogen-bond donors (Lipinski definition) is 1. The molecule has 1 heterocycles. The van der Waals surface area contributed by atoms with Crippen LogP contribution in [0.2, 0.25) is 0 Å². The molecule has 4 rings (SSSR count). The molecule has 1 atom stereocenters. The number of carbonyl (C=O) groups is 2. The van der Waals surface area contributed by atoms with E-state index in [2.05, 4.69) is 5.32 Å². The summed E-state index contributed by atoms with van der Waals surface area (Å²) in [6.45, 7) is 6.53. The molecule has 1 N–H and O–H groups in total. The summed E-state index contributed by atoms with van der Waals surface area (Å²) in [5.74, 6) is -0.117. The predicted molar refractivity (Wildman–Crippen MR) is 119 cm³/mol. The second-order valence-electron chi connectivity index (χ2n) is 8.09. The van der Waals surface area contributed by atoms with Gasteiger partial charge in [0.1, 0.15) is 0 Å². The van der Waals surface area contributed by atoms with Crippen LogP contribution in [0.4, 0.5) is 5.69 Å². The van der Waals surface area contributed by atoms with Crippen LogP contribution < -0.4 is 5.32 Å². The number of anilines is 1. The van der Waals surface area contributed by atoms with Gasteiger partial charge in [0.2, 0.25) is 5.91 Å². The molecule has 0 fully saturated rings. The summed E-state index contributed by atoms with van der Waals surface area (Å²) in [7, 11) is 0. The lowest BCUT2D eigenvalue weighted by Gasteiger charge is -2.28. The van der Waals surface area contributed by atoms with Crippen molar-refractivity contribution >= 4 is 17.5 Å². The molecule has 3 aromatic rings. The molecule has 152 valence electrons. The van der Waals surface area contributed by atoms with Crippen LogP contribution in [0.1, 0.15) is 50.6 Å². The van der Waals surface area contributed by atoms with Crippen LogP contribution in [0.15, 0.2) is 66.7 Å². The highest BCUT2D eigenvalue weighted by Gasteiger charge is 2.34. The first-order valence-electron chi connectivity index (χ1n) is 10.2. The summed E-state index contributed by atoms with van der Waals surface area (Å²) < 4.78 is 0. The van der Waals surface area contributed by atoms with E-state index in [1.807, 2.05) is 92.4 Å². The van der Waals surface area contributed by atoms with E-state index in [-0.39, 0.29) is 24.3 Å². The number of hydrogen-bond acceptors (Lipinski definition) is 2. The van der Waals surface area contributed by atoms with E-state index in [1.54, 1.807) is 0 Å². The first-order valence-corrected chi connectivity index (χ1v) is 10.2. The molecule has 1 unspecified atom stereocenters. The average molecular weight is 399 g/mol. The molecule has 0 radical (unpaired) electrons. The summed E-state index contributed by atoms with van der Waals surface area (Å²) in [5.41, 5.74) is 6.78. The van der Waals surface area contributed by atoms with Crippen molar-refractivity contribution in [2.75, 3.05) is 5.32 Å². The highest BCUT2D eigenvalue weighted by molar-refractivity contribution is 5.99. The number of fused-ring (bicyclic) bond motifs is 1. The molecule has 0 spiro atoms. The third-order valence-electron chi connectivity index (χ3n) is 5.73. The number of benzene rings is 3. The van der Waals surface area contributed by atoms with Gasteiger partial charge in [0.25, 0.3) is 5.91 Å². The van der Waals surface area contributed by atoms with Gasteiger partial charge in [-0.05, 0) is 55.2 Å². The van der Waals surface area contributed by atoms with Crippen molar-refractivity contribution < 1.29 is 9.59 Å². The number of nitrogens with one attached hydrogen (secondary N) is 1. The Kier molecular flexibility index (Phi) is 5.40. The lowest BCUT2D eigenvalue weighted by Crippen LogP contribution is -2.32. The lowest BCUT2D eigenvalue weighted by molar-refractivity contribution is -0.117. The SMILES string of the molecule is Cc1ccc(C(CC(=O)Nc2cc(C)ccc2C)N2Cc3ccccc3C2=O)cc1. The predicted octanol–water partition coefficient (Wildman–Crippen LogP) is 5.34. The maximum absolute atomic E-state index is 13.1. The summed E-state index contributed by atoms with van der Waals surface area (Å²) in [4.78, 5) is 27.9. The van der Waals surface area contributed by atoms with E-state index < -0.39 is 0 Å². The molecule has 1 aliphatic rings. The zero-order valence-corrected chi connectivity index (χ0v) is 17.6. The van der Waals surface area contributed by atoms with Crippen molar-refractivity contribution in [2.45, 2.75) is 39.8 Å². The van der Waals surface area contributed by atoms with Gasteiger partial charge in [-0.3, -0.25) is 9.59 Å². The van der Waals surface area contributed by atoms with Crippen molar-refractivity contribution in [3.8, 4) is 0 Å². The lowest BCUT2D eigenvalue weighted by atomic mass is 10.00. The number of nitrogens with zero attached hydrogens (tertiary/aromatic N) is 1. The Bertz CT molecular complexity index is 1100. The van der Waals surface area contributed by atoms with Gasteiger partial charge in [0, 0.05) is 17.8 Å². The fourth-order valence-corrected chi connectivity index (χ4v) is 3.97. The molecule has 1 aliphatic heterocycles. The van der Waals surface area contributed by atoms with Crippen molar-refractivity contribution in [3.63, 3.8) is 0 Å². The Balaban J connectivity index is 1.61. The Morgan fingerprint density at radius 2 is 1.67 bits per heavy atom. The van der Waals surface area contributed by atoms with Crippen molar-refractivity contribution in [1.29, 1.82) is 0 Å². The zero-order chi connectivity index (χ0) is 21.3. The molecule has 0 saturated heterocycles. The van der Waals surface area contributed by atoms with Crippen molar-refractivity contribution in [3.05, 3.63) is 100 Å². The first kappa shape index (κ1) is 19.9. The van der Waals surface area contributed by atoms with E-state index in [4.69, 9.17) is 0 Å². The van der Waals surface area contributed by atoms with Crippen LogP contribution >= 0.6 is 0 Å². The molecule has 0 aromatic heterocycles. The molecule has 2 amide bonds. The molecule has 3 aromatic carbocycles. The topological polar surface area (TPSA) is 49.4 Å². The van der Waals surface area contributed by atoms with Crippen LogP contribution in [0.5, 0.6) is 0 Å².